The zero-order valence-corrected chi connectivity index (χ0v) is 15.9. The largest absolute Gasteiger partial charge is 0.334 e. The highest BCUT2D eigenvalue weighted by atomic mass is 79.9. The van der Waals surface area contributed by atoms with E-state index in [1.54, 1.807) is 0 Å². The molecule has 0 amide bonds. The smallest absolute Gasteiger partial charge is 0.258 e. The molecule has 0 saturated carbocycles. The Morgan fingerprint density at radius 1 is 1.36 bits per heavy atom. The first kappa shape index (κ1) is 18.1. The Kier molecular flexibility index (Phi) is 5.24. The van der Waals surface area contributed by atoms with Crippen LogP contribution in [0.5, 0.6) is 0 Å². The highest BCUT2D eigenvalue weighted by Crippen LogP contribution is 2.29. The molecule has 1 aliphatic rings. The van der Waals surface area contributed by atoms with Crippen LogP contribution in [0.15, 0.2) is 38.1 Å². The normalized spacial score (nSPS) is 18.2. The number of rotatable bonds is 2. The van der Waals surface area contributed by atoms with E-state index in [1.165, 1.54) is 6.07 Å². The van der Waals surface area contributed by atoms with Crippen molar-refractivity contribution in [3.63, 3.8) is 0 Å². The van der Waals surface area contributed by atoms with Crippen LogP contribution in [0.25, 0.3) is 22.4 Å². The van der Waals surface area contributed by atoms with Crippen molar-refractivity contribution in [1.29, 1.82) is 0 Å². The van der Waals surface area contributed by atoms with Gasteiger partial charge < -0.3 is 14.8 Å². The number of pyridine rings is 1. The van der Waals surface area contributed by atoms with E-state index in [0.717, 1.165) is 35.0 Å². The molecule has 2 aromatic heterocycles. The Morgan fingerprint density at radius 2 is 2.20 bits per heavy atom. The molecule has 1 aromatic carbocycles. The Morgan fingerprint density at radius 3 is 3.00 bits per heavy atom. The standard InChI is InChI=1S/C16H16BrN5O2.ClH/c1-22-5-4-18-8-13(22)15-20-16(24-21-15)11-7-14(23)19-12-3-2-9(17)6-10(11)12;/h2-3,6-7,13,18H,4-5,8H2,1H3,(H,19,23);1H. The van der Waals surface area contributed by atoms with E-state index in [9.17, 15) is 4.79 Å². The van der Waals surface area contributed by atoms with Crippen molar-refractivity contribution >= 4 is 39.2 Å². The molecule has 0 radical (unpaired) electrons. The van der Waals surface area contributed by atoms with Gasteiger partial charge in [-0.3, -0.25) is 9.69 Å². The summed E-state index contributed by atoms with van der Waals surface area (Å²) in [6.45, 7) is 2.65. The number of piperazine rings is 1. The molecule has 4 rings (SSSR count). The van der Waals surface area contributed by atoms with Gasteiger partial charge in [0.15, 0.2) is 5.82 Å². The number of nitrogens with zero attached hydrogens (tertiary/aromatic N) is 3. The second-order valence-electron chi connectivity index (χ2n) is 5.90. The molecule has 25 heavy (non-hydrogen) atoms. The monoisotopic (exact) mass is 425 g/mol. The Bertz CT molecular complexity index is 957. The van der Waals surface area contributed by atoms with Crippen LogP contribution < -0.4 is 10.9 Å². The molecule has 0 aliphatic carbocycles. The van der Waals surface area contributed by atoms with Gasteiger partial charge in [0.25, 0.3) is 5.89 Å². The summed E-state index contributed by atoms with van der Waals surface area (Å²) in [6, 6.07) is 7.22. The SMILES string of the molecule is CN1CCNCC1c1noc(-c2cc(=O)[nH]c3ccc(Br)cc23)n1.Cl. The Balaban J connectivity index is 0.00000182. The molecule has 3 heterocycles. The predicted molar refractivity (Wildman–Crippen MR) is 101 cm³/mol. The molecule has 132 valence electrons. The van der Waals surface area contributed by atoms with E-state index in [2.05, 4.69) is 41.3 Å². The van der Waals surface area contributed by atoms with Gasteiger partial charge in [0.1, 0.15) is 0 Å². The Labute approximate surface area is 158 Å². The summed E-state index contributed by atoms with van der Waals surface area (Å²) in [7, 11) is 2.04. The van der Waals surface area contributed by atoms with Gasteiger partial charge in [-0.25, -0.2) is 0 Å². The first-order valence-electron chi connectivity index (χ1n) is 7.69. The number of nitrogens with one attached hydrogen (secondary N) is 2. The van der Waals surface area contributed by atoms with Gasteiger partial charge >= 0.3 is 0 Å². The lowest BCUT2D eigenvalue weighted by Crippen LogP contribution is -2.44. The van der Waals surface area contributed by atoms with Crippen LogP contribution in [-0.2, 0) is 0 Å². The summed E-state index contributed by atoms with van der Waals surface area (Å²) in [5.74, 6) is 0.987. The summed E-state index contributed by atoms with van der Waals surface area (Å²) in [6.07, 6.45) is 0. The predicted octanol–water partition coefficient (Wildman–Crippen LogP) is 2.34. The van der Waals surface area contributed by atoms with Crippen molar-refractivity contribution in [2.45, 2.75) is 6.04 Å². The third-order valence-electron chi connectivity index (χ3n) is 4.29. The maximum Gasteiger partial charge on any atom is 0.258 e. The molecule has 3 aromatic rings. The number of fused-ring (bicyclic) bond motifs is 1. The van der Waals surface area contributed by atoms with Gasteiger partial charge in [-0.2, -0.15) is 4.98 Å². The number of aromatic amines is 1. The van der Waals surface area contributed by atoms with E-state index in [0.29, 0.717) is 17.3 Å². The van der Waals surface area contributed by atoms with Gasteiger partial charge in [-0.15, -0.1) is 12.4 Å². The van der Waals surface area contributed by atoms with Crippen LogP contribution in [-0.4, -0.2) is 46.7 Å². The zero-order valence-electron chi connectivity index (χ0n) is 13.5. The maximum atomic E-state index is 11.9. The molecule has 1 aliphatic heterocycles. The van der Waals surface area contributed by atoms with E-state index in [1.807, 2.05) is 25.2 Å². The minimum atomic E-state index is -0.198. The fourth-order valence-electron chi connectivity index (χ4n) is 2.98. The summed E-state index contributed by atoms with van der Waals surface area (Å²) in [4.78, 5) is 21.5. The third-order valence-corrected chi connectivity index (χ3v) is 4.78. The fraction of sp³-hybridized carbons (Fsp3) is 0.312. The minimum Gasteiger partial charge on any atom is -0.334 e. The number of likely N-dealkylation sites (N-methyl/N-ethyl adjacent to an activating group) is 1. The number of hydrogen-bond donors (Lipinski definition) is 2. The zero-order chi connectivity index (χ0) is 16.7. The van der Waals surface area contributed by atoms with E-state index < -0.39 is 0 Å². The van der Waals surface area contributed by atoms with Crippen molar-refractivity contribution in [2.75, 3.05) is 26.7 Å². The molecule has 0 bridgehead atoms. The number of benzene rings is 1. The van der Waals surface area contributed by atoms with Crippen LogP contribution in [0.4, 0.5) is 0 Å². The van der Waals surface area contributed by atoms with Crippen LogP contribution in [0, 0.1) is 0 Å². The molecule has 9 heteroatoms. The summed E-state index contributed by atoms with van der Waals surface area (Å²) >= 11 is 3.46. The second-order valence-corrected chi connectivity index (χ2v) is 6.81. The lowest BCUT2D eigenvalue weighted by atomic mass is 10.1. The van der Waals surface area contributed by atoms with Crippen molar-refractivity contribution in [3.8, 4) is 11.5 Å². The van der Waals surface area contributed by atoms with Gasteiger partial charge in [0.05, 0.1) is 11.6 Å². The number of aromatic nitrogens is 3. The lowest BCUT2D eigenvalue weighted by Gasteiger charge is -2.30. The molecule has 0 spiro atoms. The summed E-state index contributed by atoms with van der Waals surface area (Å²) in [5, 5.41) is 8.32. The number of H-pyrrole nitrogens is 1. The number of halogens is 2. The molecule has 1 fully saturated rings. The van der Waals surface area contributed by atoms with Crippen LogP contribution in [0.3, 0.4) is 0 Å². The molecular weight excluding hydrogens is 410 g/mol. The average molecular weight is 427 g/mol. The average Bonchev–Trinajstić information content (AvgIpc) is 3.04. The van der Waals surface area contributed by atoms with Crippen molar-refractivity contribution in [2.24, 2.45) is 0 Å². The van der Waals surface area contributed by atoms with E-state index in [4.69, 9.17) is 4.52 Å². The minimum absolute atomic E-state index is 0. The topological polar surface area (TPSA) is 87.0 Å². The van der Waals surface area contributed by atoms with Gasteiger partial charge in [-0.05, 0) is 25.2 Å². The summed E-state index contributed by atoms with van der Waals surface area (Å²) < 4.78 is 6.39. The van der Waals surface area contributed by atoms with Gasteiger partial charge in [0, 0.05) is 41.1 Å². The molecule has 1 saturated heterocycles. The fourth-order valence-corrected chi connectivity index (χ4v) is 3.34. The van der Waals surface area contributed by atoms with Crippen molar-refractivity contribution < 1.29 is 4.52 Å². The summed E-state index contributed by atoms with van der Waals surface area (Å²) in [5.41, 5.74) is 1.17. The van der Waals surface area contributed by atoms with E-state index >= 15 is 0 Å². The van der Waals surface area contributed by atoms with Gasteiger partial charge in [-0.1, -0.05) is 21.1 Å². The molecule has 1 atom stereocenters. The Hall–Kier alpha value is -1.74. The molecular formula is C16H17BrClN5O2. The third kappa shape index (κ3) is 3.48. The van der Waals surface area contributed by atoms with Crippen LogP contribution >= 0.6 is 28.3 Å². The highest BCUT2D eigenvalue weighted by Gasteiger charge is 2.26. The number of hydrogen-bond acceptors (Lipinski definition) is 6. The van der Waals surface area contributed by atoms with Gasteiger partial charge in [0.2, 0.25) is 5.56 Å². The molecule has 7 nitrogen and oxygen atoms in total. The first-order valence-corrected chi connectivity index (χ1v) is 8.48. The molecule has 2 N–H and O–H groups in total. The van der Waals surface area contributed by atoms with E-state index in [-0.39, 0.29) is 24.0 Å². The van der Waals surface area contributed by atoms with Crippen molar-refractivity contribution in [1.82, 2.24) is 25.3 Å². The highest BCUT2D eigenvalue weighted by molar-refractivity contribution is 9.10. The quantitative estimate of drug-likeness (QED) is 0.654. The lowest BCUT2D eigenvalue weighted by molar-refractivity contribution is 0.190. The van der Waals surface area contributed by atoms with Crippen molar-refractivity contribution in [3.05, 3.63) is 44.9 Å². The maximum absolute atomic E-state index is 11.9. The molecule has 1 unspecified atom stereocenters. The first-order chi connectivity index (χ1) is 11.6. The van der Waals surface area contributed by atoms with Crippen LogP contribution in [0.2, 0.25) is 0 Å². The van der Waals surface area contributed by atoms with Crippen LogP contribution in [0.1, 0.15) is 11.9 Å². The second kappa shape index (κ2) is 7.25.